The molecule has 1 aromatic carbocycles. The van der Waals surface area contributed by atoms with Gasteiger partial charge in [-0.1, -0.05) is 30.7 Å². The first-order valence-corrected chi connectivity index (χ1v) is 9.49. The molecule has 6 heteroatoms. The first kappa shape index (κ1) is 23.2. The van der Waals surface area contributed by atoms with E-state index in [-0.39, 0.29) is 24.0 Å². The van der Waals surface area contributed by atoms with Crippen LogP contribution in [0.5, 0.6) is 0 Å². The molecule has 0 bridgehead atoms. The maximum absolute atomic E-state index is 5.27. The largest absolute Gasteiger partial charge is 0.380 e. The number of piperidine rings is 1. The van der Waals surface area contributed by atoms with Gasteiger partial charge in [-0.3, -0.25) is 4.99 Å². The van der Waals surface area contributed by atoms with Gasteiger partial charge >= 0.3 is 0 Å². The van der Waals surface area contributed by atoms with E-state index in [0.717, 1.165) is 31.5 Å². The average Bonchev–Trinajstić information content (AvgIpc) is 2.64. The molecule has 0 aromatic heterocycles. The summed E-state index contributed by atoms with van der Waals surface area (Å²) in [6, 6.07) is 9.09. The topological polar surface area (TPSA) is 48.9 Å². The van der Waals surface area contributed by atoms with Gasteiger partial charge in [0.15, 0.2) is 5.96 Å². The molecule has 1 aliphatic heterocycles. The Kier molecular flexibility index (Phi) is 11.9. The van der Waals surface area contributed by atoms with Crippen LogP contribution < -0.4 is 10.6 Å². The van der Waals surface area contributed by atoms with Crippen LogP contribution in [-0.2, 0) is 17.9 Å². The van der Waals surface area contributed by atoms with Crippen molar-refractivity contribution >= 4 is 29.9 Å². The van der Waals surface area contributed by atoms with E-state index in [1.54, 1.807) is 7.11 Å². The van der Waals surface area contributed by atoms with Gasteiger partial charge in [-0.15, -0.1) is 24.0 Å². The molecule has 1 fully saturated rings. The fourth-order valence-electron chi connectivity index (χ4n) is 3.40. The number of halogens is 1. The van der Waals surface area contributed by atoms with Crippen molar-refractivity contribution in [1.29, 1.82) is 0 Å². The summed E-state index contributed by atoms with van der Waals surface area (Å²) in [5.41, 5.74) is 2.46. The number of likely N-dealkylation sites (tertiary alicyclic amines) is 1. The van der Waals surface area contributed by atoms with Gasteiger partial charge in [0.05, 0.1) is 6.61 Å². The Bertz CT molecular complexity index is 538. The van der Waals surface area contributed by atoms with E-state index in [0.29, 0.717) is 6.61 Å². The quantitative estimate of drug-likeness (QED) is 0.263. The summed E-state index contributed by atoms with van der Waals surface area (Å²) in [6.07, 6.45) is 5.22. The lowest BCUT2D eigenvalue weighted by Gasteiger charge is -2.33. The molecule has 0 amide bonds. The van der Waals surface area contributed by atoms with Gasteiger partial charge in [-0.05, 0) is 43.9 Å². The van der Waals surface area contributed by atoms with E-state index >= 15 is 0 Å². The normalized spacial score (nSPS) is 18.3. The molecule has 5 nitrogen and oxygen atoms in total. The van der Waals surface area contributed by atoms with Gasteiger partial charge in [-0.2, -0.15) is 0 Å². The van der Waals surface area contributed by atoms with E-state index < -0.39 is 0 Å². The molecular weight excluding hydrogens is 439 g/mol. The summed E-state index contributed by atoms with van der Waals surface area (Å²) in [5, 5.41) is 6.83. The van der Waals surface area contributed by atoms with Crippen LogP contribution in [-0.4, -0.2) is 50.7 Å². The zero-order valence-corrected chi connectivity index (χ0v) is 18.8. The lowest BCUT2D eigenvalue weighted by molar-refractivity contribution is 0.159. The number of rotatable bonds is 8. The van der Waals surface area contributed by atoms with E-state index in [9.17, 15) is 0 Å². The average molecular weight is 474 g/mol. The summed E-state index contributed by atoms with van der Waals surface area (Å²) in [5.74, 6) is 0.860. The maximum atomic E-state index is 5.27. The minimum atomic E-state index is 0. The Morgan fingerprint density at radius 1 is 1.23 bits per heavy atom. The third-order valence-electron chi connectivity index (χ3n) is 4.94. The van der Waals surface area contributed by atoms with Gasteiger partial charge < -0.3 is 20.3 Å². The van der Waals surface area contributed by atoms with Crippen molar-refractivity contribution in [2.24, 2.45) is 4.99 Å². The molecule has 26 heavy (non-hydrogen) atoms. The van der Waals surface area contributed by atoms with Crippen LogP contribution in [0.3, 0.4) is 0 Å². The zero-order valence-electron chi connectivity index (χ0n) is 16.5. The maximum Gasteiger partial charge on any atom is 0.191 e. The lowest BCUT2D eigenvalue weighted by atomic mass is 10.0. The van der Waals surface area contributed by atoms with Crippen LogP contribution in [0.15, 0.2) is 29.3 Å². The second kappa shape index (κ2) is 13.3. The van der Waals surface area contributed by atoms with Gasteiger partial charge in [0, 0.05) is 39.8 Å². The number of guanidine groups is 1. The highest BCUT2D eigenvalue weighted by Gasteiger charge is 2.17. The predicted molar refractivity (Wildman–Crippen MR) is 120 cm³/mol. The number of benzene rings is 1. The molecule has 0 radical (unpaired) electrons. The minimum Gasteiger partial charge on any atom is -0.380 e. The molecule has 2 rings (SSSR count). The van der Waals surface area contributed by atoms with Crippen LogP contribution in [0.25, 0.3) is 0 Å². The van der Waals surface area contributed by atoms with Crippen molar-refractivity contribution in [3.63, 3.8) is 0 Å². The van der Waals surface area contributed by atoms with Crippen LogP contribution in [0.4, 0.5) is 0 Å². The number of nitrogens with zero attached hydrogens (tertiary/aromatic N) is 2. The predicted octanol–water partition coefficient (Wildman–Crippen LogP) is 3.38. The molecule has 1 aromatic rings. The standard InChI is InChI=1S/C20H34N4O.HI/c1-17-9-6-7-13-24(17)14-8-12-22-20(21-2)23-15-18-10-4-5-11-19(18)16-25-3;/h4-5,10-11,17H,6-9,12-16H2,1-3H3,(H2,21,22,23);1H. The Balaban J connectivity index is 0.00000338. The molecule has 0 aliphatic carbocycles. The molecule has 1 heterocycles. The van der Waals surface area contributed by atoms with Crippen LogP contribution in [0.1, 0.15) is 43.7 Å². The third-order valence-corrected chi connectivity index (χ3v) is 4.94. The molecule has 2 N–H and O–H groups in total. The summed E-state index contributed by atoms with van der Waals surface area (Å²) >= 11 is 0. The molecular formula is C20H35IN4O. The summed E-state index contributed by atoms with van der Waals surface area (Å²) in [6.45, 7) is 7.11. The minimum absolute atomic E-state index is 0. The molecule has 1 saturated heterocycles. The molecule has 1 unspecified atom stereocenters. The molecule has 148 valence electrons. The van der Waals surface area contributed by atoms with Gasteiger partial charge in [0.1, 0.15) is 0 Å². The van der Waals surface area contributed by atoms with Crippen molar-refractivity contribution in [3.05, 3.63) is 35.4 Å². The number of nitrogens with one attached hydrogen (secondary N) is 2. The number of hydrogen-bond acceptors (Lipinski definition) is 3. The Morgan fingerprint density at radius 3 is 2.69 bits per heavy atom. The number of ether oxygens (including phenoxy) is 1. The van der Waals surface area contributed by atoms with E-state index in [4.69, 9.17) is 4.74 Å². The highest BCUT2D eigenvalue weighted by Crippen LogP contribution is 2.16. The number of methoxy groups -OCH3 is 1. The SMILES string of the molecule is CN=C(NCCCN1CCCCC1C)NCc1ccccc1COC.I. The third kappa shape index (κ3) is 7.80. The number of aliphatic imine (C=N–C) groups is 1. The Hall–Kier alpha value is -0.860. The van der Waals surface area contributed by atoms with Gasteiger partial charge in [0.25, 0.3) is 0 Å². The molecule has 1 aliphatic rings. The Labute approximate surface area is 176 Å². The van der Waals surface area contributed by atoms with Crippen LogP contribution >= 0.6 is 24.0 Å². The molecule has 1 atom stereocenters. The molecule has 0 spiro atoms. The van der Waals surface area contributed by atoms with Crippen LogP contribution in [0.2, 0.25) is 0 Å². The van der Waals surface area contributed by atoms with Crippen molar-refractivity contribution in [3.8, 4) is 0 Å². The van der Waals surface area contributed by atoms with Crippen molar-refractivity contribution < 1.29 is 4.74 Å². The van der Waals surface area contributed by atoms with E-state index in [2.05, 4.69) is 45.6 Å². The first-order valence-electron chi connectivity index (χ1n) is 9.49. The van der Waals surface area contributed by atoms with Gasteiger partial charge in [-0.25, -0.2) is 0 Å². The van der Waals surface area contributed by atoms with Crippen molar-refractivity contribution in [2.45, 2.75) is 51.8 Å². The number of hydrogen-bond donors (Lipinski definition) is 2. The molecule has 0 saturated carbocycles. The monoisotopic (exact) mass is 474 g/mol. The summed E-state index contributed by atoms with van der Waals surface area (Å²) in [4.78, 5) is 6.94. The summed E-state index contributed by atoms with van der Waals surface area (Å²) < 4.78 is 5.27. The summed E-state index contributed by atoms with van der Waals surface area (Å²) in [7, 11) is 3.55. The second-order valence-corrected chi connectivity index (χ2v) is 6.79. The Morgan fingerprint density at radius 2 is 2.00 bits per heavy atom. The van der Waals surface area contributed by atoms with Crippen molar-refractivity contribution in [1.82, 2.24) is 15.5 Å². The lowest BCUT2D eigenvalue weighted by Crippen LogP contribution is -2.41. The zero-order chi connectivity index (χ0) is 17.9. The van der Waals surface area contributed by atoms with Crippen LogP contribution in [0, 0.1) is 0 Å². The van der Waals surface area contributed by atoms with Gasteiger partial charge in [0.2, 0.25) is 0 Å². The van der Waals surface area contributed by atoms with Crippen molar-refractivity contribution in [2.75, 3.05) is 33.8 Å². The first-order chi connectivity index (χ1) is 12.2. The highest BCUT2D eigenvalue weighted by molar-refractivity contribution is 14.0. The fourth-order valence-corrected chi connectivity index (χ4v) is 3.40. The smallest absolute Gasteiger partial charge is 0.191 e. The highest BCUT2D eigenvalue weighted by atomic mass is 127. The second-order valence-electron chi connectivity index (χ2n) is 6.79. The van der Waals surface area contributed by atoms with E-state index in [1.165, 1.54) is 43.5 Å². The fraction of sp³-hybridized carbons (Fsp3) is 0.650. The van der Waals surface area contributed by atoms with E-state index in [1.807, 2.05) is 13.1 Å².